The van der Waals surface area contributed by atoms with Gasteiger partial charge in [0, 0.05) is 37.3 Å². The van der Waals surface area contributed by atoms with Crippen molar-refractivity contribution in [3.05, 3.63) is 0 Å². The van der Waals surface area contributed by atoms with Crippen LogP contribution in [0.5, 0.6) is 0 Å². The summed E-state index contributed by atoms with van der Waals surface area (Å²) >= 11 is 0. The van der Waals surface area contributed by atoms with Crippen molar-refractivity contribution in [1.82, 2.24) is 9.80 Å². The quantitative estimate of drug-likeness (QED) is 0.816. The van der Waals surface area contributed by atoms with Crippen LogP contribution in [0.25, 0.3) is 0 Å². The Morgan fingerprint density at radius 2 is 1.72 bits per heavy atom. The van der Waals surface area contributed by atoms with Gasteiger partial charge in [-0.1, -0.05) is 13.3 Å². The van der Waals surface area contributed by atoms with Crippen LogP contribution >= 0.6 is 0 Å². The van der Waals surface area contributed by atoms with E-state index in [2.05, 4.69) is 37.6 Å². The zero-order valence-electron chi connectivity index (χ0n) is 12.6. The molecular weight excluding hydrogens is 222 g/mol. The van der Waals surface area contributed by atoms with Crippen LogP contribution in [-0.2, 0) is 0 Å². The number of hydrogen-bond acceptors (Lipinski definition) is 3. The predicted octanol–water partition coefficient (Wildman–Crippen LogP) is 1.92. The van der Waals surface area contributed by atoms with E-state index >= 15 is 0 Å². The van der Waals surface area contributed by atoms with Gasteiger partial charge in [0.25, 0.3) is 0 Å². The van der Waals surface area contributed by atoms with Crippen molar-refractivity contribution in [3.63, 3.8) is 0 Å². The standard InChI is InChI=1S/C15H31N3/c1-5-13-6-7-14(16)15(8-13)18-9-11(2)17(4)12(3)10-18/h11-15H,5-10,16H2,1-4H3. The molecule has 106 valence electrons. The number of hydrogen-bond donors (Lipinski definition) is 1. The Morgan fingerprint density at radius 1 is 1.11 bits per heavy atom. The predicted molar refractivity (Wildman–Crippen MR) is 77.7 cm³/mol. The van der Waals surface area contributed by atoms with Gasteiger partial charge in [-0.3, -0.25) is 9.80 Å². The molecule has 0 aromatic rings. The summed E-state index contributed by atoms with van der Waals surface area (Å²) < 4.78 is 0. The SMILES string of the molecule is CCC1CCC(N)C(N2CC(C)N(C)C(C)C2)C1. The second-order valence-electron chi connectivity index (χ2n) is 6.64. The number of piperazine rings is 1. The van der Waals surface area contributed by atoms with E-state index in [1.807, 2.05) is 0 Å². The Labute approximate surface area is 113 Å². The van der Waals surface area contributed by atoms with Crippen LogP contribution in [0.15, 0.2) is 0 Å². The maximum atomic E-state index is 6.40. The molecule has 5 unspecified atom stereocenters. The zero-order valence-corrected chi connectivity index (χ0v) is 12.6. The maximum Gasteiger partial charge on any atom is 0.0251 e. The molecule has 1 heterocycles. The van der Waals surface area contributed by atoms with Gasteiger partial charge in [0.1, 0.15) is 0 Å². The smallest absolute Gasteiger partial charge is 0.0251 e. The molecule has 18 heavy (non-hydrogen) atoms. The molecule has 2 fully saturated rings. The maximum absolute atomic E-state index is 6.40. The molecule has 1 aliphatic carbocycles. The topological polar surface area (TPSA) is 32.5 Å². The van der Waals surface area contributed by atoms with Crippen molar-refractivity contribution in [2.75, 3.05) is 20.1 Å². The van der Waals surface area contributed by atoms with Gasteiger partial charge in [-0.15, -0.1) is 0 Å². The van der Waals surface area contributed by atoms with Gasteiger partial charge in [0.15, 0.2) is 0 Å². The molecule has 0 aromatic carbocycles. The molecule has 0 bridgehead atoms. The molecule has 1 saturated carbocycles. The third-order valence-electron chi connectivity index (χ3n) is 5.41. The molecular formula is C15H31N3. The van der Waals surface area contributed by atoms with E-state index < -0.39 is 0 Å². The highest BCUT2D eigenvalue weighted by molar-refractivity contribution is 4.94. The van der Waals surface area contributed by atoms with Gasteiger partial charge in [0.2, 0.25) is 0 Å². The second-order valence-corrected chi connectivity index (χ2v) is 6.64. The highest BCUT2D eigenvalue weighted by atomic mass is 15.3. The van der Waals surface area contributed by atoms with Crippen molar-refractivity contribution in [1.29, 1.82) is 0 Å². The molecule has 0 amide bonds. The molecule has 2 rings (SSSR count). The van der Waals surface area contributed by atoms with Crippen LogP contribution in [0.4, 0.5) is 0 Å². The highest BCUT2D eigenvalue weighted by Gasteiger charge is 2.36. The summed E-state index contributed by atoms with van der Waals surface area (Å²) in [6.45, 7) is 9.39. The van der Waals surface area contributed by atoms with E-state index in [0.717, 1.165) is 5.92 Å². The molecule has 1 aliphatic heterocycles. The van der Waals surface area contributed by atoms with Gasteiger partial charge >= 0.3 is 0 Å². The summed E-state index contributed by atoms with van der Waals surface area (Å²) in [5.41, 5.74) is 6.40. The highest BCUT2D eigenvalue weighted by Crippen LogP contribution is 2.30. The lowest BCUT2D eigenvalue weighted by molar-refractivity contribution is 0.00909. The lowest BCUT2D eigenvalue weighted by Gasteiger charge is -2.49. The van der Waals surface area contributed by atoms with E-state index in [1.54, 1.807) is 0 Å². The van der Waals surface area contributed by atoms with Gasteiger partial charge in [-0.25, -0.2) is 0 Å². The van der Waals surface area contributed by atoms with Gasteiger partial charge < -0.3 is 5.73 Å². The Hall–Kier alpha value is -0.120. The van der Waals surface area contributed by atoms with Crippen molar-refractivity contribution in [2.24, 2.45) is 11.7 Å². The van der Waals surface area contributed by atoms with Crippen LogP contribution in [0.1, 0.15) is 46.5 Å². The molecule has 2 N–H and O–H groups in total. The minimum Gasteiger partial charge on any atom is -0.326 e. The average molecular weight is 253 g/mol. The van der Waals surface area contributed by atoms with Crippen molar-refractivity contribution >= 4 is 0 Å². The summed E-state index contributed by atoms with van der Waals surface area (Å²) in [5, 5.41) is 0. The fraction of sp³-hybridized carbons (Fsp3) is 1.00. The summed E-state index contributed by atoms with van der Waals surface area (Å²) in [5.74, 6) is 0.903. The van der Waals surface area contributed by atoms with Crippen molar-refractivity contribution < 1.29 is 0 Å². The molecule has 3 heteroatoms. The van der Waals surface area contributed by atoms with Gasteiger partial charge in [-0.2, -0.15) is 0 Å². The third-order valence-corrected chi connectivity index (χ3v) is 5.41. The minimum atomic E-state index is 0.399. The molecule has 0 aromatic heterocycles. The molecule has 0 radical (unpaired) electrons. The number of rotatable bonds is 2. The molecule has 1 saturated heterocycles. The first kappa shape index (κ1) is 14.3. The largest absolute Gasteiger partial charge is 0.326 e. The summed E-state index contributed by atoms with van der Waals surface area (Å²) in [6.07, 6.45) is 5.20. The first-order chi connectivity index (χ1) is 8.52. The van der Waals surface area contributed by atoms with Crippen LogP contribution in [0, 0.1) is 5.92 Å². The lowest BCUT2D eigenvalue weighted by Crippen LogP contribution is -2.61. The first-order valence-corrected chi connectivity index (χ1v) is 7.74. The molecule has 0 spiro atoms. The summed E-state index contributed by atoms with van der Waals surface area (Å²) in [6, 6.07) is 2.34. The Kier molecular flexibility index (Phi) is 4.68. The number of nitrogens with zero attached hydrogens (tertiary/aromatic N) is 2. The molecule has 2 aliphatic rings. The van der Waals surface area contributed by atoms with Crippen molar-refractivity contribution in [2.45, 2.75) is 70.6 Å². The lowest BCUT2D eigenvalue weighted by atomic mass is 9.80. The van der Waals surface area contributed by atoms with E-state index in [0.29, 0.717) is 24.2 Å². The minimum absolute atomic E-state index is 0.399. The Balaban J connectivity index is 2.01. The van der Waals surface area contributed by atoms with E-state index in [9.17, 15) is 0 Å². The van der Waals surface area contributed by atoms with E-state index in [-0.39, 0.29) is 0 Å². The van der Waals surface area contributed by atoms with Crippen LogP contribution in [-0.4, -0.2) is 54.1 Å². The molecule has 5 atom stereocenters. The van der Waals surface area contributed by atoms with E-state index in [1.165, 1.54) is 38.8 Å². The molecule has 3 nitrogen and oxygen atoms in total. The fourth-order valence-corrected chi connectivity index (χ4v) is 3.76. The first-order valence-electron chi connectivity index (χ1n) is 7.74. The second kappa shape index (κ2) is 5.89. The van der Waals surface area contributed by atoms with E-state index in [4.69, 9.17) is 5.73 Å². The van der Waals surface area contributed by atoms with Crippen LogP contribution in [0.2, 0.25) is 0 Å². The summed E-state index contributed by atoms with van der Waals surface area (Å²) in [4.78, 5) is 5.18. The van der Waals surface area contributed by atoms with Crippen molar-refractivity contribution in [3.8, 4) is 0 Å². The number of likely N-dealkylation sites (N-methyl/N-ethyl adjacent to an activating group) is 1. The Bertz CT molecular complexity index is 256. The normalized spacial score (nSPS) is 44.2. The fourth-order valence-electron chi connectivity index (χ4n) is 3.76. The third kappa shape index (κ3) is 2.89. The summed E-state index contributed by atoms with van der Waals surface area (Å²) in [7, 11) is 2.25. The Morgan fingerprint density at radius 3 is 2.28 bits per heavy atom. The van der Waals surface area contributed by atoms with Gasteiger partial charge in [-0.05, 0) is 46.1 Å². The number of nitrogens with two attached hydrogens (primary N) is 1. The zero-order chi connectivity index (χ0) is 13.3. The average Bonchev–Trinajstić information content (AvgIpc) is 2.36. The van der Waals surface area contributed by atoms with Crippen LogP contribution < -0.4 is 5.73 Å². The monoisotopic (exact) mass is 253 g/mol. The van der Waals surface area contributed by atoms with Gasteiger partial charge in [0.05, 0.1) is 0 Å². The van der Waals surface area contributed by atoms with Crippen LogP contribution in [0.3, 0.4) is 0 Å².